The molecule has 2 rings (SSSR count). The van der Waals surface area contributed by atoms with Crippen LogP contribution in [0.5, 0.6) is 0 Å². The number of rotatable bonds is 6. The van der Waals surface area contributed by atoms with Gasteiger partial charge in [-0.3, -0.25) is 0 Å². The Morgan fingerprint density at radius 2 is 1.67 bits per heavy atom. The first-order chi connectivity index (χ1) is 10.1. The summed E-state index contributed by atoms with van der Waals surface area (Å²) in [5.74, 6) is 2.71. The third kappa shape index (κ3) is 3.94. The van der Waals surface area contributed by atoms with Crippen molar-refractivity contribution < 1.29 is 0 Å². The summed E-state index contributed by atoms with van der Waals surface area (Å²) in [5.41, 5.74) is 3.59. The number of benzene rings is 1. The second-order valence-corrected chi connectivity index (χ2v) is 5.30. The van der Waals surface area contributed by atoms with Crippen LogP contribution in [0, 0.1) is 13.8 Å². The second-order valence-electron chi connectivity index (χ2n) is 5.30. The molecule has 0 unspecified atom stereocenters. The molecule has 0 atom stereocenters. The van der Waals surface area contributed by atoms with E-state index in [-0.39, 0.29) is 0 Å². The number of hydrogen-bond donors (Lipinski definition) is 2. The van der Waals surface area contributed by atoms with Gasteiger partial charge in [0.2, 0.25) is 0 Å². The fraction of sp³-hybridized carbons (Fsp3) is 0.412. The first-order valence-corrected chi connectivity index (χ1v) is 7.48. The lowest BCUT2D eigenvalue weighted by Crippen LogP contribution is -2.09. The summed E-state index contributed by atoms with van der Waals surface area (Å²) in [6.45, 7) is 7.05. The largest absolute Gasteiger partial charge is 0.373 e. The van der Waals surface area contributed by atoms with Gasteiger partial charge in [-0.2, -0.15) is 0 Å². The van der Waals surface area contributed by atoms with E-state index in [1.807, 2.05) is 14.0 Å². The maximum absolute atomic E-state index is 4.64. The van der Waals surface area contributed by atoms with Crippen LogP contribution in [0.3, 0.4) is 0 Å². The molecule has 0 saturated heterocycles. The molecule has 112 valence electrons. The lowest BCUT2D eigenvalue weighted by Gasteiger charge is -2.13. The van der Waals surface area contributed by atoms with Crippen molar-refractivity contribution in [1.82, 2.24) is 9.97 Å². The van der Waals surface area contributed by atoms with Crippen molar-refractivity contribution in [3.63, 3.8) is 0 Å². The van der Waals surface area contributed by atoms with Gasteiger partial charge in [0.15, 0.2) is 0 Å². The maximum atomic E-state index is 4.64. The van der Waals surface area contributed by atoms with Crippen LogP contribution in [-0.2, 0) is 13.0 Å². The molecular formula is C17H24N4. The van der Waals surface area contributed by atoms with E-state index < -0.39 is 0 Å². The van der Waals surface area contributed by atoms with Crippen LogP contribution in [0.25, 0.3) is 0 Å². The van der Waals surface area contributed by atoms with Crippen LogP contribution in [0.1, 0.15) is 35.9 Å². The van der Waals surface area contributed by atoms with Crippen molar-refractivity contribution in [2.24, 2.45) is 0 Å². The van der Waals surface area contributed by atoms with Crippen molar-refractivity contribution in [1.29, 1.82) is 0 Å². The highest BCUT2D eigenvalue weighted by molar-refractivity contribution is 5.57. The molecule has 0 aliphatic heterocycles. The molecule has 0 spiro atoms. The summed E-state index contributed by atoms with van der Waals surface area (Å²) in [7, 11) is 1.90. The van der Waals surface area contributed by atoms with Crippen molar-refractivity contribution >= 4 is 11.6 Å². The van der Waals surface area contributed by atoms with Gasteiger partial charge in [0, 0.05) is 25.6 Å². The van der Waals surface area contributed by atoms with E-state index in [9.17, 15) is 0 Å². The Morgan fingerprint density at radius 3 is 2.29 bits per heavy atom. The minimum Gasteiger partial charge on any atom is -0.373 e. The predicted molar refractivity (Wildman–Crippen MR) is 88.8 cm³/mol. The average molecular weight is 284 g/mol. The summed E-state index contributed by atoms with van der Waals surface area (Å²) in [5, 5.41) is 6.58. The lowest BCUT2D eigenvalue weighted by molar-refractivity contribution is 0.831. The minimum atomic E-state index is 0.771. The molecule has 0 aliphatic carbocycles. The van der Waals surface area contributed by atoms with E-state index >= 15 is 0 Å². The summed E-state index contributed by atoms with van der Waals surface area (Å²) in [6.07, 6.45) is 1.94. The Labute approximate surface area is 127 Å². The first kappa shape index (κ1) is 15.3. The zero-order valence-corrected chi connectivity index (χ0v) is 13.3. The van der Waals surface area contributed by atoms with Gasteiger partial charge in [-0.25, -0.2) is 9.97 Å². The minimum absolute atomic E-state index is 0.771. The molecule has 0 amide bonds. The van der Waals surface area contributed by atoms with E-state index in [2.05, 4.69) is 58.7 Å². The van der Waals surface area contributed by atoms with Gasteiger partial charge in [-0.1, -0.05) is 36.8 Å². The van der Waals surface area contributed by atoms with Crippen molar-refractivity contribution in [3.05, 3.63) is 46.8 Å². The van der Waals surface area contributed by atoms with Crippen molar-refractivity contribution in [2.75, 3.05) is 17.7 Å². The molecule has 4 nitrogen and oxygen atoms in total. The van der Waals surface area contributed by atoms with Crippen LogP contribution in [0.4, 0.5) is 11.6 Å². The highest BCUT2D eigenvalue weighted by Crippen LogP contribution is 2.20. The summed E-state index contributed by atoms with van der Waals surface area (Å²) >= 11 is 0. The quantitative estimate of drug-likeness (QED) is 0.849. The molecule has 2 aromatic rings. The summed E-state index contributed by atoms with van der Waals surface area (Å²) < 4.78 is 0. The highest BCUT2D eigenvalue weighted by atomic mass is 15.1. The smallest absolute Gasteiger partial charge is 0.135 e. The normalized spacial score (nSPS) is 10.5. The topological polar surface area (TPSA) is 49.8 Å². The molecule has 4 heteroatoms. The van der Waals surface area contributed by atoms with Crippen molar-refractivity contribution in [2.45, 2.75) is 40.2 Å². The second kappa shape index (κ2) is 7.07. The van der Waals surface area contributed by atoms with E-state index in [4.69, 9.17) is 0 Å². The average Bonchev–Trinajstić information content (AvgIpc) is 2.49. The van der Waals surface area contributed by atoms with Gasteiger partial charge in [-0.15, -0.1) is 0 Å². The number of anilines is 2. The predicted octanol–water partition coefficient (Wildman–Crippen LogP) is 3.70. The Bertz CT molecular complexity index is 590. The number of nitrogens with zero attached hydrogens (tertiary/aromatic N) is 2. The van der Waals surface area contributed by atoms with Gasteiger partial charge >= 0.3 is 0 Å². The number of aromatic nitrogens is 2. The first-order valence-electron chi connectivity index (χ1n) is 7.48. The van der Waals surface area contributed by atoms with E-state index in [1.54, 1.807) is 0 Å². The fourth-order valence-corrected chi connectivity index (χ4v) is 2.21. The molecule has 0 aliphatic rings. The molecule has 0 fully saturated rings. The monoisotopic (exact) mass is 284 g/mol. The molecule has 1 heterocycles. The molecule has 1 aromatic heterocycles. The maximum Gasteiger partial charge on any atom is 0.135 e. The van der Waals surface area contributed by atoms with Crippen LogP contribution in [0.15, 0.2) is 24.3 Å². The summed E-state index contributed by atoms with van der Waals surface area (Å²) in [6, 6.07) is 8.55. The van der Waals surface area contributed by atoms with Gasteiger partial charge in [-0.05, 0) is 25.8 Å². The number of nitrogens with one attached hydrogen (secondary N) is 2. The van der Waals surface area contributed by atoms with Crippen LogP contribution in [-0.4, -0.2) is 17.0 Å². The van der Waals surface area contributed by atoms with Gasteiger partial charge in [0.1, 0.15) is 17.5 Å². The van der Waals surface area contributed by atoms with Crippen LogP contribution in [0.2, 0.25) is 0 Å². The zero-order valence-electron chi connectivity index (χ0n) is 13.3. The molecule has 0 saturated carbocycles. The van der Waals surface area contributed by atoms with E-state index in [1.165, 1.54) is 11.1 Å². The number of aryl methyl sites for hydroxylation is 2. The molecule has 0 bridgehead atoms. The van der Waals surface area contributed by atoms with Crippen molar-refractivity contribution in [3.8, 4) is 0 Å². The molecule has 21 heavy (non-hydrogen) atoms. The molecule has 2 N–H and O–H groups in total. The van der Waals surface area contributed by atoms with Gasteiger partial charge in [0.25, 0.3) is 0 Å². The van der Waals surface area contributed by atoms with E-state index in [0.29, 0.717) is 0 Å². The Hall–Kier alpha value is -2.10. The van der Waals surface area contributed by atoms with Crippen LogP contribution < -0.4 is 10.6 Å². The third-order valence-corrected chi connectivity index (χ3v) is 3.48. The van der Waals surface area contributed by atoms with Gasteiger partial charge < -0.3 is 10.6 Å². The highest BCUT2D eigenvalue weighted by Gasteiger charge is 2.09. The zero-order chi connectivity index (χ0) is 15.2. The molecular weight excluding hydrogens is 260 g/mol. The standard InChI is InChI=1S/C17H24N4/c1-5-6-15-20-16(18-4)13(3)17(21-15)19-11-14-9-7-12(2)8-10-14/h7-10H,5-6,11H2,1-4H3,(H2,18,19,20,21). The SMILES string of the molecule is CCCc1nc(NC)c(C)c(NCc2ccc(C)cc2)n1. The van der Waals surface area contributed by atoms with E-state index in [0.717, 1.165) is 42.4 Å². The fourth-order valence-electron chi connectivity index (χ4n) is 2.21. The lowest BCUT2D eigenvalue weighted by atomic mass is 10.1. The van der Waals surface area contributed by atoms with Gasteiger partial charge in [0.05, 0.1) is 0 Å². The molecule has 1 aromatic carbocycles. The van der Waals surface area contributed by atoms with Crippen LogP contribution >= 0.6 is 0 Å². The molecule has 0 radical (unpaired) electrons. The Morgan fingerprint density at radius 1 is 1.00 bits per heavy atom. The Kier molecular flexibility index (Phi) is 5.14. The summed E-state index contributed by atoms with van der Waals surface area (Å²) in [4.78, 5) is 9.19. The number of hydrogen-bond acceptors (Lipinski definition) is 4. The Balaban J connectivity index is 2.17. The third-order valence-electron chi connectivity index (χ3n) is 3.48.